The summed E-state index contributed by atoms with van der Waals surface area (Å²) in [5.41, 5.74) is 7.30. The molecule has 0 heterocycles. The minimum atomic E-state index is 0. The van der Waals surface area contributed by atoms with Gasteiger partial charge in [-0.2, -0.15) is 0 Å². The second kappa shape index (κ2) is 8.35. The molecule has 114 valence electrons. The van der Waals surface area contributed by atoms with E-state index >= 15 is 0 Å². The van der Waals surface area contributed by atoms with Crippen molar-refractivity contribution in [2.45, 2.75) is 0 Å². The smallest absolute Gasteiger partial charge is 0.161 e. The van der Waals surface area contributed by atoms with E-state index in [1.54, 1.807) is 13.2 Å². The summed E-state index contributed by atoms with van der Waals surface area (Å²) in [4.78, 5) is 0. The molecule has 0 saturated carbocycles. The molecule has 0 unspecified atom stereocenters. The highest BCUT2D eigenvalue weighted by Gasteiger charge is 2.08. The number of benzene rings is 2. The molecule has 2 aromatic rings. The quantitative estimate of drug-likeness (QED) is 0.869. The Morgan fingerprint density at radius 3 is 2.19 bits per heavy atom. The lowest BCUT2D eigenvalue weighted by molar-refractivity contribution is 0.302. The average molecular weight is 349 g/mol. The van der Waals surface area contributed by atoms with Crippen molar-refractivity contribution in [3.63, 3.8) is 0 Å². The lowest BCUT2D eigenvalue weighted by atomic mass is 10.1. The molecule has 0 aliphatic heterocycles. The fourth-order valence-corrected chi connectivity index (χ4v) is 2.38. The molecule has 21 heavy (non-hydrogen) atoms. The highest BCUT2D eigenvalue weighted by molar-refractivity contribution is 6.35. The van der Waals surface area contributed by atoms with E-state index in [0.717, 1.165) is 11.1 Å². The molecular weight excluding hydrogens is 333 g/mol. The molecule has 0 amide bonds. The van der Waals surface area contributed by atoms with Crippen LogP contribution in [-0.2, 0) is 0 Å². The third-order valence-corrected chi connectivity index (χ3v) is 3.17. The molecule has 3 nitrogen and oxygen atoms in total. The Hall–Kier alpha value is -1.13. The first-order valence-electron chi connectivity index (χ1n) is 6.11. The van der Waals surface area contributed by atoms with Crippen LogP contribution < -0.4 is 15.2 Å². The third-order valence-electron chi connectivity index (χ3n) is 2.73. The highest BCUT2D eigenvalue weighted by atomic mass is 35.5. The van der Waals surface area contributed by atoms with Crippen molar-refractivity contribution in [3.05, 3.63) is 46.4 Å². The molecule has 0 bridgehead atoms. The van der Waals surface area contributed by atoms with Crippen molar-refractivity contribution in [1.29, 1.82) is 0 Å². The van der Waals surface area contributed by atoms with E-state index in [1.807, 2.05) is 30.3 Å². The van der Waals surface area contributed by atoms with Crippen molar-refractivity contribution in [3.8, 4) is 22.6 Å². The lowest BCUT2D eigenvalue weighted by Crippen LogP contribution is -2.11. The molecule has 0 saturated heterocycles. The van der Waals surface area contributed by atoms with Gasteiger partial charge in [0.05, 0.1) is 7.11 Å². The van der Waals surface area contributed by atoms with E-state index in [-0.39, 0.29) is 12.4 Å². The average Bonchev–Trinajstić information content (AvgIpc) is 2.43. The van der Waals surface area contributed by atoms with Crippen LogP contribution in [0, 0.1) is 0 Å². The van der Waals surface area contributed by atoms with E-state index < -0.39 is 0 Å². The summed E-state index contributed by atoms with van der Waals surface area (Å²) in [6.07, 6.45) is 0. The van der Waals surface area contributed by atoms with Gasteiger partial charge in [0.15, 0.2) is 11.5 Å². The van der Waals surface area contributed by atoms with E-state index in [4.69, 9.17) is 38.4 Å². The van der Waals surface area contributed by atoms with Gasteiger partial charge in [0.2, 0.25) is 0 Å². The Morgan fingerprint density at radius 2 is 1.62 bits per heavy atom. The van der Waals surface area contributed by atoms with Crippen LogP contribution in [0.25, 0.3) is 11.1 Å². The summed E-state index contributed by atoms with van der Waals surface area (Å²) < 4.78 is 10.8. The van der Waals surface area contributed by atoms with Gasteiger partial charge in [0.25, 0.3) is 0 Å². The number of ether oxygens (including phenoxy) is 2. The molecule has 0 radical (unpaired) electrons. The summed E-state index contributed by atoms with van der Waals surface area (Å²) in [6, 6.07) is 11.1. The normalized spacial score (nSPS) is 9.90. The first-order chi connectivity index (χ1) is 9.63. The molecule has 0 spiro atoms. The highest BCUT2D eigenvalue weighted by Crippen LogP contribution is 2.34. The minimum absolute atomic E-state index is 0. The number of nitrogens with two attached hydrogens (primary N) is 1. The van der Waals surface area contributed by atoms with Crippen LogP contribution in [0.4, 0.5) is 0 Å². The third kappa shape index (κ3) is 4.68. The maximum absolute atomic E-state index is 6.02. The Kier molecular flexibility index (Phi) is 7.12. The maximum Gasteiger partial charge on any atom is 0.161 e. The number of hydrogen-bond donors (Lipinski definition) is 1. The number of methoxy groups -OCH3 is 1. The van der Waals surface area contributed by atoms with E-state index in [2.05, 4.69) is 0 Å². The topological polar surface area (TPSA) is 44.5 Å². The first kappa shape index (κ1) is 17.9. The van der Waals surface area contributed by atoms with Gasteiger partial charge in [0, 0.05) is 16.6 Å². The largest absolute Gasteiger partial charge is 0.493 e. The van der Waals surface area contributed by atoms with Crippen LogP contribution in [0.1, 0.15) is 0 Å². The van der Waals surface area contributed by atoms with Gasteiger partial charge in [-0.15, -0.1) is 12.4 Å². The Bertz CT molecular complexity index is 585. The van der Waals surface area contributed by atoms with Crippen molar-refractivity contribution in [2.75, 3.05) is 20.3 Å². The molecule has 0 fully saturated rings. The van der Waals surface area contributed by atoms with E-state index in [1.165, 1.54) is 0 Å². The molecule has 0 aliphatic carbocycles. The number of rotatable bonds is 5. The van der Waals surface area contributed by atoms with Gasteiger partial charge in [-0.1, -0.05) is 29.3 Å². The molecule has 2 rings (SSSR count). The Morgan fingerprint density at radius 1 is 0.952 bits per heavy atom. The van der Waals surface area contributed by atoms with Crippen molar-refractivity contribution >= 4 is 35.6 Å². The second-order valence-electron chi connectivity index (χ2n) is 4.16. The van der Waals surface area contributed by atoms with Crippen LogP contribution in [0.15, 0.2) is 36.4 Å². The van der Waals surface area contributed by atoms with Crippen LogP contribution in [0.2, 0.25) is 10.0 Å². The molecule has 6 heteroatoms. The molecule has 2 N–H and O–H groups in total. The van der Waals surface area contributed by atoms with Gasteiger partial charge < -0.3 is 15.2 Å². The second-order valence-corrected chi connectivity index (χ2v) is 5.03. The number of hydrogen-bond acceptors (Lipinski definition) is 3. The first-order valence-corrected chi connectivity index (χ1v) is 6.87. The summed E-state index contributed by atoms with van der Waals surface area (Å²) in [6.45, 7) is 0.896. The fourth-order valence-electron chi connectivity index (χ4n) is 1.86. The predicted molar refractivity (Wildman–Crippen MR) is 90.2 cm³/mol. The fraction of sp³-hybridized carbons (Fsp3) is 0.200. The Balaban J connectivity index is 0.00000220. The zero-order valence-corrected chi connectivity index (χ0v) is 13.8. The minimum Gasteiger partial charge on any atom is -0.493 e. The predicted octanol–water partition coefficient (Wildman–Crippen LogP) is 4.43. The lowest BCUT2D eigenvalue weighted by Gasteiger charge is -2.12. The van der Waals surface area contributed by atoms with E-state index in [0.29, 0.717) is 34.7 Å². The van der Waals surface area contributed by atoms with Gasteiger partial charge in [-0.3, -0.25) is 0 Å². The molecule has 0 atom stereocenters. The van der Waals surface area contributed by atoms with Crippen LogP contribution in [0.5, 0.6) is 11.5 Å². The van der Waals surface area contributed by atoms with Crippen molar-refractivity contribution in [2.24, 2.45) is 5.73 Å². The molecule has 0 aliphatic rings. The molecule has 0 aromatic heterocycles. The van der Waals surface area contributed by atoms with Gasteiger partial charge in [0.1, 0.15) is 6.61 Å². The SMILES string of the molecule is COc1cc(-c2cc(Cl)cc(Cl)c2)ccc1OCCN.Cl. The van der Waals surface area contributed by atoms with Crippen LogP contribution in [-0.4, -0.2) is 20.3 Å². The van der Waals surface area contributed by atoms with Crippen LogP contribution >= 0.6 is 35.6 Å². The summed E-state index contributed by atoms with van der Waals surface area (Å²) >= 11 is 12.0. The van der Waals surface area contributed by atoms with Gasteiger partial charge in [-0.05, 0) is 41.5 Å². The summed E-state index contributed by atoms with van der Waals surface area (Å²) in [5, 5.41) is 1.19. The van der Waals surface area contributed by atoms with Gasteiger partial charge >= 0.3 is 0 Å². The number of halogens is 3. The van der Waals surface area contributed by atoms with Crippen molar-refractivity contribution < 1.29 is 9.47 Å². The van der Waals surface area contributed by atoms with E-state index in [9.17, 15) is 0 Å². The Labute approximate surface area is 140 Å². The maximum atomic E-state index is 6.02. The standard InChI is InChI=1S/C15H15Cl2NO2.ClH/c1-19-15-8-10(2-3-14(15)20-5-4-18)11-6-12(16)9-13(17)7-11;/h2-3,6-9H,4-5,18H2,1H3;1H. The summed E-state index contributed by atoms with van der Waals surface area (Å²) in [7, 11) is 1.60. The monoisotopic (exact) mass is 347 g/mol. The molecule has 2 aromatic carbocycles. The van der Waals surface area contributed by atoms with Crippen LogP contribution in [0.3, 0.4) is 0 Å². The summed E-state index contributed by atoms with van der Waals surface area (Å²) in [5.74, 6) is 1.31. The zero-order chi connectivity index (χ0) is 14.5. The van der Waals surface area contributed by atoms with Gasteiger partial charge in [-0.25, -0.2) is 0 Å². The van der Waals surface area contributed by atoms with Crippen molar-refractivity contribution in [1.82, 2.24) is 0 Å². The zero-order valence-electron chi connectivity index (χ0n) is 11.4. The molecular formula is C15H16Cl3NO2.